The number of aryl methyl sites for hydroxylation is 3. The molecule has 0 radical (unpaired) electrons. The van der Waals surface area contributed by atoms with Gasteiger partial charge in [-0.1, -0.05) is 6.07 Å². The van der Waals surface area contributed by atoms with Crippen LogP contribution in [0.3, 0.4) is 0 Å². The predicted molar refractivity (Wildman–Crippen MR) is 82.6 cm³/mol. The molecule has 2 aromatic rings. The van der Waals surface area contributed by atoms with Crippen LogP contribution in [0.4, 0.5) is 11.4 Å². The molecule has 1 heterocycles. The van der Waals surface area contributed by atoms with Crippen LogP contribution in [-0.2, 0) is 7.05 Å². The Labute approximate surface area is 123 Å². The lowest BCUT2D eigenvalue weighted by atomic mass is 10.1. The van der Waals surface area contributed by atoms with Gasteiger partial charge in [-0.2, -0.15) is 5.10 Å². The van der Waals surface area contributed by atoms with Crippen LogP contribution in [0.25, 0.3) is 0 Å². The van der Waals surface area contributed by atoms with Crippen molar-refractivity contribution in [3.05, 3.63) is 50.8 Å². The second-order valence-corrected chi connectivity index (χ2v) is 5.35. The number of hydrogen-bond acceptors (Lipinski definition) is 4. The van der Waals surface area contributed by atoms with Gasteiger partial charge in [0.15, 0.2) is 0 Å². The standard InChI is InChI=1S/C15H20N4O2/c1-9-6-7-13(14(8-9)19(20)21)16-10(2)15-11(3)17-18(5)12(15)4/h6-8,10,16H,1-5H3. The van der Waals surface area contributed by atoms with E-state index in [1.54, 1.807) is 12.1 Å². The Morgan fingerprint density at radius 1 is 1.33 bits per heavy atom. The first kappa shape index (κ1) is 15.0. The maximum Gasteiger partial charge on any atom is 0.292 e. The van der Waals surface area contributed by atoms with Crippen LogP contribution < -0.4 is 5.32 Å². The Balaban J connectivity index is 2.36. The summed E-state index contributed by atoms with van der Waals surface area (Å²) in [5.41, 5.74) is 4.56. The highest BCUT2D eigenvalue weighted by Gasteiger charge is 2.20. The van der Waals surface area contributed by atoms with Crippen LogP contribution in [0.1, 0.15) is 35.5 Å². The summed E-state index contributed by atoms with van der Waals surface area (Å²) < 4.78 is 1.83. The highest BCUT2D eigenvalue weighted by atomic mass is 16.6. The summed E-state index contributed by atoms with van der Waals surface area (Å²) in [5, 5.41) is 18.8. The third kappa shape index (κ3) is 2.89. The van der Waals surface area contributed by atoms with Crippen LogP contribution in [-0.4, -0.2) is 14.7 Å². The molecule has 0 aliphatic rings. The fraction of sp³-hybridized carbons (Fsp3) is 0.400. The van der Waals surface area contributed by atoms with Crippen molar-refractivity contribution in [3.63, 3.8) is 0 Å². The zero-order valence-electron chi connectivity index (χ0n) is 13.0. The predicted octanol–water partition coefficient (Wildman–Crippen LogP) is 3.43. The second-order valence-electron chi connectivity index (χ2n) is 5.35. The van der Waals surface area contributed by atoms with Gasteiger partial charge >= 0.3 is 0 Å². The van der Waals surface area contributed by atoms with Crippen molar-refractivity contribution in [2.24, 2.45) is 7.05 Å². The molecule has 0 spiro atoms. The van der Waals surface area contributed by atoms with Crippen molar-refractivity contribution in [2.45, 2.75) is 33.7 Å². The fourth-order valence-corrected chi connectivity index (χ4v) is 2.64. The molecule has 21 heavy (non-hydrogen) atoms. The van der Waals surface area contributed by atoms with Crippen LogP contribution in [0, 0.1) is 30.9 Å². The van der Waals surface area contributed by atoms with Gasteiger partial charge in [0, 0.05) is 24.4 Å². The Bertz CT molecular complexity index is 691. The molecule has 0 amide bonds. The molecule has 1 unspecified atom stereocenters. The molecule has 0 aliphatic heterocycles. The van der Waals surface area contributed by atoms with Gasteiger partial charge in [-0.15, -0.1) is 0 Å². The van der Waals surface area contributed by atoms with Crippen molar-refractivity contribution in [1.82, 2.24) is 9.78 Å². The van der Waals surface area contributed by atoms with Crippen LogP contribution in [0.2, 0.25) is 0 Å². The van der Waals surface area contributed by atoms with Gasteiger partial charge in [0.1, 0.15) is 5.69 Å². The van der Waals surface area contributed by atoms with E-state index in [0.717, 1.165) is 22.5 Å². The fourth-order valence-electron chi connectivity index (χ4n) is 2.64. The number of benzene rings is 1. The van der Waals surface area contributed by atoms with E-state index in [4.69, 9.17) is 0 Å². The molecule has 1 aromatic heterocycles. The number of nitrogens with zero attached hydrogens (tertiary/aromatic N) is 3. The molecule has 2 rings (SSSR count). The Morgan fingerprint density at radius 2 is 2.00 bits per heavy atom. The average molecular weight is 288 g/mol. The van der Waals surface area contributed by atoms with Gasteiger partial charge in [-0.05, 0) is 39.3 Å². The molecule has 0 bridgehead atoms. The molecule has 1 aromatic carbocycles. The van der Waals surface area contributed by atoms with Crippen molar-refractivity contribution >= 4 is 11.4 Å². The molecule has 0 saturated carbocycles. The van der Waals surface area contributed by atoms with Gasteiger partial charge in [0.25, 0.3) is 5.69 Å². The third-order valence-corrected chi connectivity index (χ3v) is 3.72. The van der Waals surface area contributed by atoms with Gasteiger partial charge in [-0.25, -0.2) is 0 Å². The molecule has 6 heteroatoms. The number of nitrogens with one attached hydrogen (secondary N) is 1. The van der Waals surface area contributed by atoms with E-state index in [0.29, 0.717) is 5.69 Å². The summed E-state index contributed by atoms with van der Waals surface area (Å²) in [7, 11) is 1.90. The van der Waals surface area contributed by atoms with Crippen molar-refractivity contribution in [2.75, 3.05) is 5.32 Å². The summed E-state index contributed by atoms with van der Waals surface area (Å²) in [4.78, 5) is 10.8. The Morgan fingerprint density at radius 3 is 2.52 bits per heavy atom. The number of anilines is 1. The Kier molecular flexibility index (Phi) is 3.97. The highest BCUT2D eigenvalue weighted by Crippen LogP contribution is 2.30. The van der Waals surface area contributed by atoms with E-state index >= 15 is 0 Å². The van der Waals surface area contributed by atoms with Crippen molar-refractivity contribution in [3.8, 4) is 0 Å². The first-order valence-corrected chi connectivity index (χ1v) is 6.83. The quantitative estimate of drug-likeness (QED) is 0.691. The number of nitro groups is 1. The maximum absolute atomic E-state index is 11.2. The van der Waals surface area contributed by atoms with E-state index in [1.165, 1.54) is 0 Å². The molecule has 6 nitrogen and oxygen atoms in total. The number of aromatic nitrogens is 2. The summed E-state index contributed by atoms with van der Waals surface area (Å²) in [6.45, 7) is 7.78. The first-order valence-electron chi connectivity index (χ1n) is 6.83. The molecule has 0 fully saturated rings. The van der Waals surface area contributed by atoms with Gasteiger partial charge in [0.2, 0.25) is 0 Å². The van der Waals surface area contributed by atoms with Crippen molar-refractivity contribution in [1.29, 1.82) is 0 Å². The minimum Gasteiger partial charge on any atom is -0.373 e. The van der Waals surface area contributed by atoms with E-state index < -0.39 is 0 Å². The molecule has 0 aliphatic carbocycles. The largest absolute Gasteiger partial charge is 0.373 e. The highest BCUT2D eigenvalue weighted by molar-refractivity contribution is 5.63. The number of hydrogen-bond donors (Lipinski definition) is 1. The van der Waals surface area contributed by atoms with E-state index in [9.17, 15) is 10.1 Å². The lowest BCUT2D eigenvalue weighted by Crippen LogP contribution is -2.10. The van der Waals surface area contributed by atoms with Crippen molar-refractivity contribution < 1.29 is 4.92 Å². The smallest absolute Gasteiger partial charge is 0.292 e. The van der Waals surface area contributed by atoms with Gasteiger partial charge < -0.3 is 5.32 Å². The van der Waals surface area contributed by atoms with Crippen LogP contribution in [0.5, 0.6) is 0 Å². The lowest BCUT2D eigenvalue weighted by Gasteiger charge is -2.16. The first-order chi connectivity index (χ1) is 9.81. The van der Waals surface area contributed by atoms with Crippen LogP contribution >= 0.6 is 0 Å². The zero-order valence-corrected chi connectivity index (χ0v) is 13.0. The minimum absolute atomic E-state index is 0.0555. The third-order valence-electron chi connectivity index (χ3n) is 3.72. The molecule has 112 valence electrons. The number of rotatable bonds is 4. The number of nitro benzene ring substituents is 1. The summed E-state index contributed by atoms with van der Waals surface area (Å²) in [6.07, 6.45) is 0. The zero-order chi connectivity index (χ0) is 15.7. The van der Waals surface area contributed by atoms with E-state index in [1.807, 2.05) is 45.5 Å². The SMILES string of the molecule is Cc1ccc(NC(C)c2c(C)nn(C)c2C)c([N+](=O)[O-])c1. The topological polar surface area (TPSA) is 73.0 Å². The molecule has 0 saturated heterocycles. The van der Waals surface area contributed by atoms with E-state index in [2.05, 4.69) is 10.4 Å². The minimum atomic E-state index is -0.356. The lowest BCUT2D eigenvalue weighted by molar-refractivity contribution is -0.384. The van der Waals surface area contributed by atoms with Crippen LogP contribution in [0.15, 0.2) is 18.2 Å². The molecular weight excluding hydrogens is 268 g/mol. The summed E-state index contributed by atoms with van der Waals surface area (Å²) in [5.74, 6) is 0. The molecule has 1 N–H and O–H groups in total. The second kappa shape index (κ2) is 5.55. The maximum atomic E-state index is 11.2. The van der Waals surface area contributed by atoms with Gasteiger partial charge in [0.05, 0.1) is 16.7 Å². The molecule has 1 atom stereocenters. The monoisotopic (exact) mass is 288 g/mol. The van der Waals surface area contributed by atoms with Gasteiger partial charge in [-0.3, -0.25) is 14.8 Å². The average Bonchev–Trinajstić information content (AvgIpc) is 2.65. The Hall–Kier alpha value is -2.37. The summed E-state index contributed by atoms with van der Waals surface area (Å²) >= 11 is 0. The molecular formula is C15H20N4O2. The summed E-state index contributed by atoms with van der Waals surface area (Å²) in [6, 6.07) is 5.15. The van der Waals surface area contributed by atoms with E-state index in [-0.39, 0.29) is 16.7 Å². The normalized spacial score (nSPS) is 12.2.